The van der Waals surface area contributed by atoms with Crippen molar-refractivity contribution >= 4 is 41.1 Å². The smallest absolute Gasteiger partial charge is 0.447 e. The molecule has 0 aromatic heterocycles. The molecule has 0 N–H and O–H groups in total. The molecule has 0 bridgehead atoms. The van der Waals surface area contributed by atoms with Crippen LogP contribution >= 0.6 is 23.9 Å². The van der Waals surface area contributed by atoms with Crippen molar-refractivity contribution in [1.82, 2.24) is 8.61 Å². The number of oxime groups is 1. The normalized spacial score (nSPS) is 10.9. The van der Waals surface area contributed by atoms with E-state index in [-0.39, 0.29) is 0 Å². The molecule has 0 atom stereocenters. The van der Waals surface area contributed by atoms with E-state index in [1.54, 1.807) is 6.92 Å². The van der Waals surface area contributed by atoms with Crippen LogP contribution in [0.4, 0.5) is 9.59 Å². The third kappa shape index (κ3) is 7.49. The maximum Gasteiger partial charge on any atom is 0.447 e. The summed E-state index contributed by atoms with van der Waals surface area (Å²) in [6.07, 6.45) is 2.41. The maximum absolute atomic E-state index is 11.7. The first-order valence-corrected chi connectivity index (χ1v) is 7.98. The summed E-state index contributed by atoms with van der Waals surface area (Å²) in [5, 5.41) is 4.27. The third-order valence-corrected chi connectivity index (χ3v) is 3.71. The van der Waals surface area contributed by atoms with E-state index in [1.807, 2.05) is 13.2 Å². The van der Waals surface area contributed by atoms with Gasteiger partial charge in [0.05, 0.1) is 19.2 Å². The minimum absolute atomic E-state index is 0.485. The summed E-state index contributed by atoms with van der Waals surface area (Å²) >= 11 is 2.30. The topological polar surface area (TPSA) is 71.4 Å². The van der Waals surface area contributed by atoms with Gasteiger partial charge in [-0.15, -0.1) is 11.8 Å². The number of ether oxygens (including phenoxy) is 1. The molecule has 0 aromatic rings. The Hall–Kier alpha value is -1.09. The maximum atomic E-state index is 11.7. The molecule has 0 saturated heterocycles. The fourth-order valence-electron chi connectivity index (χ4n) is 0.948. The van der Waals surface area contributed by atoms with Gasteiger partial charge in [0.1, 0.15) is 5.04 Å². The van der Waals surface area contributed by atoms with Crippen molar-refractivity contribution in [3.63, 3.8) is 0 Å². The van der Waals surface area contributed by atoms with Crippen LogP contribution in [0, 0.1) is 0 Å². The van der Waals surface area contributed by atoms with Crippen LogP contribution in [0.2, 0.25) is 0 Å². The van der Waals surface area contributed by atoms with E-state index in [0.717, 1.165) is 25.0 Å². The third-order valence-electron chi connectivity index (χ3n) is 2.12. The number of unbranched alkanes of at least 4 members (excludes halogenated alkanes) is 1. The monoisotopic (exact) mass is 323 g/mol. The van der Waals surface area contributed by atoms with Crippen LogP contribution in [-0.2, 0) is 9.57 Å². The van der Waals surface area contributed by atoms with Crippen molar-refractivity contribution in [3.8, 4) is 0 Å². The van der Waals surface area contributed by atoms with E-state index in [2.05, 4.69) is 9.89 Å². The number of nitrogens with zero attached hydrogens (tertiary/aromatic N) is 3. The van der Waals surface area contributed by atoms with E-state index in [1.165, 1.54) is 34.5 Å². The second-order valence-corrected chi connectivity index (χ2v) is 5.83. The average Bonchev–Trinajstić information content (AvgIpc) is 2.47. The second-order valence-electron chi connectivity index (χ2n) is 3.68. The van der Waals surface area contributed by atoms with Crippen LogP contribution in [0.25, 0.3) is 0 Å². The van der Waals surface area contributed by atoms with E-state index in [9.17, 15) is 9.59 Å². The van der Waals surface area contributed by atoms with Crippen LogP contribution in [0.3, 0.4) is 0 Å². The van der Waals surface area contributed by atoms with E-state index < -0.39 is 12.2 Å². The molecule has 0 spiro atoms. The van der Waals surface area contributed by atoms with Crippen LogP contribution in [0.1, 0.15) is 26.7 Å². The molecular formula is C11H21N3O4S2. The molecule has 0 rings (SSSR count). The van der Waals surface area contributed by atoms with Crippen molar-refractivity contribution in [1.29, 1.82) is 0 Å². The summed E-state index contributed by atoms with van der Waals surface area (Å²) in [4.78, 5) is 28.0. The van der Waals surface area contributed by atoms with Gasteiger partial charge in [-0.2, -0.15) is 0 Å². The lowest BCUT2D eigenvalue weighted by molar-refractivity contribution is 0.134. The number of carbonyl (C=O) groups is 2. The predicted molar refractivity (Wildman–Crippen MR) is 82.5 cm³/mol. The lowest BCUT2D eigenvalue weighted by Gasteiger charge is -2.23. The van der Waals surface area contributed by atoms with Gasteiger partial charge in [0.2, 0.25) is 0 Å². The van der Waals surface area contributed by atoms with Gasteiger partial charge in [0.25, 0.3) is 0 Å². The highest BCUT2D eigenvalue weighted by molar-refractivity contribution is 8.13. The number of carbonyl (C=O) groups excluding carboxylic acids is 2. The zero-order chi connectivity index (χ0) is 15.5. The Kier molecular flexibility index (Phi) is 10.1. The summed E-state index contributed by atoms with van der Waals surface area (Å²) in [5.41, 5.74) is 0. The lowest BCUT2D eigenvalue weighted by Crippen LogP contribution is -2.32. The fraction of sp³-hybridized carbons (Fsp3) is 0.727. The Morgan fingerprint density at radius 1 is 1.30 bits per heavy atom. The first-order chi connectivity index (χ1) is 9.46. The van der Waals surface area contributed by atoms with Crippen LogP contribution in [-0.4, -0.2) is 52.8 Å². The standard InChI is InChI=1S/C11H21N3O4S2/c1-6-7-8-14(11(16)17-4)20-13(3)10(15)18-12-9(2)19-5/h6-8H2,1-5H3/b12-9+. The molecule has 0 radical (unpaired) electrons. The number of methoxy groups -OCH3 is 1. The average molecular weight is 323 g/mol. The van der Waals surface area contributed by atoms with Crippen molar-refractivity contribution in [2.75, 3.05) is 27.0 Å². The van der Waals surface area contributed by atoms with Gasteiger partial charge in [-0.1, -0.05) is 18.5 Å². The summed E-state index contributed by atoms with van der Waals surface area (Å²) in [6.45, 7) is 4.23. The SMILES string of the molecule is CCCCN(SN(C)C(=O)O/N=C(\C)SC)C(=O)OC. The Labute approximate surface area is 128 Å². The summed E-state index contributed by atoms with van der Waals surface area (Å²) in [6, 6.07) is 0. The highest BCUT2D eigenvalue weighted by Gasteiger charge is 2.21. The molecule has 7 nitrogen and oxygen atoms in total. The number of hydrogen-bond acceptors (Lipinski definition) is 7. The molecule has 0 aromatic carbocycles. The minimum Gasteiger partial charge on any atom is -0.452 e. The van der Waals surface area contributed by atoms with E-state index in [4.69, 9.17) is 4.84 Å². The molecule has 2 amide bonds. The molecular weight excluding hydrogens is 302 g/mol. The van der Waals surface area contributed by atoms with Crippen molar-refractivity contribution in [3.05, 3.63) is 0 Å². The van der Waals surface area contributed by atoms with Gasteiger partial charge in [0, 0.05) is 13.6 Å². The van der Waals surface area contributed by atoms with Crippen molar-refractivity contribution in [2.24, 2.45) is 5.16 Å². The van der Waals surface area contributed by atoms with E-state index in [0.29, 0.717) is 11.6 Å². The zero-order valence-corrected chi connectivity index (χ0v) is 14.0. The predicted octanol–water partition coefficient (Wildman–Crippen LogP) is 3.18. The lowest BCUT2D eigenvalue weighted by atomic mass is 10.3. The molecule has 116 valence electrons. The fourth-order valence-corrected chi connectivity index (χ4v) is 1.81. The quantitative estimate of drug-likeness (QED) is 0.246. The van der Waals surface area contributed by atoms with Gasteiger partial charge >= 0.3 is 12.2 Å². The Morgan fingerprint density at radius 3 is 2.45 bits per heavy atom. The molecule has 0 heterocycles. The van der Waals surface area contributed by atoms with Crippen molar-refractivity contribution in [2.45, 2.75) is 26.7 Å². The van der Waals surface area contributed by atoms with Gasteiger partial charge in [-0.05, 0) is 19.6 Å². The molecule has 9 heteroatoms. The van der Waals surface area contributed by atoms with Crippen LogP contribution in [0.5, 0.6) is 0 Å². The van der Waals surface area contributed by atoms with Gasteiger partial charge in [-0.25, -0.2) is 18.2 Å². The molecule has 20 heavy (non-hydrogen) atoms. The zero-order valence-electron chi connectivity index (χ0n) is 12.4. The van der Waals surface area contributed by atoms with Crippen LogP contribution < -0.4 is 0 Å². The highest BCUT2D eigenvalue weighted by atomic mass is 32.2. The molecule has 0 unspecified atom stereocenters. The summed E-state index contributed by atoms with van der Waals surface area (Å²) in [7, 11) is 2.80. The summed E-state index contributed by atoms with van der Waals surface area (Å²) < 4.78 is 7.20. The van der Waals surface area contributed by atoms with Gasteiger partial charge in [0.15, 0.2) is 0 Å². The molecule has 0 aliphatic carbocycles. The Morgan fingerprint density at radius 2 is 1.95 bits per heavy atom. The number of amides is 2. The Bertz CT molecular complexity index is 353. The minimum atomic E-state index is -0.659. The molecule has 0 aliphatic heterocycles. The number of hydrogen-bond donors (Lipinski definition) is 0. The van der Waals surface area contributed by atoms with Gasteiger partial charge < -0.3 is 4.74 Å². The van der Waals surface area contributed by atoms with Crippen molar-refractivity contribution < 1.29 is 19.2 Å². The molecule has 0 fully saturated rings. The first-order valence-electron chi connectivity index (χ1n) is 6.03. The Balaban J connectivity index is 4.46. The summed E-state index contributed by atoms with van der Waals surface area (Å²) in [5.74, 6) is 0. The van der Waals surface area contributed by atoms with Crippen LogP contribution in [0.15, 0.2) is 5.16 Å². The second kappa shape index (κ2) is 10.7. The highest BCUT2D eigenvalue weighted by Crippen LogP contribution is 2.18. The molecule has 0 saturated carbocycles. The van der Waals surface area contributed by atoms with Gasteiger partial charge in [-0.3, -0.25) is 4.84 Å². The molecule has 0 aliphatic rings. The van der Waals surface area contributed by atoms with E-state index >= 15 is 0 Å². The number of thioether (sulfide) groups is 1. The largest absolute Gasteiger partial charge is 0.452 e. The first kappa shape index (κ1) is 18.9. The number of rotatable bonds is 6.